The first-order valence-corrected chi connectivity index (χ1v) is 9.49. The maximum atomic E-state index is 12.2. The second-order valence-corrected chi connectivity index (χ2v) is 7.22. The number of hydrogen-bond acceptors (Lipinski definition) is 4. The van der Waals surface area contributed by atoms with E-state index in [1.165, 1.54) is 18.4 Å². The Hall–Kier alpha value is -2.67. The summed E-state index contributed by atoms with van der Waals surface area (Å²) in [6.45, 7) is 1.53. The lowest BCUT2D eigenvalue weighted by Gasteiger charge is -2.12. The van der Waals surface area contributed by atoms with Gasteiger partial charge in [0.15, 0.2) is 12.4 Å². The molecule has 6 nitrogen and oxygen atoms in total. The smallest absolute Gasteiger partial charge is 0.291 e. The number of ether oxygens (including phenoxy) is 1. The number of rotatable bonds is 6. The van der Waals surface area contributed by atoms with Crippen molar-refractivity contribution < 1.29 is 18.7 Å². The second kappa shape index (κ2) is 9.22. The Morgan fingerprint density at radius 2 is 1.76 bits per heavy atom. The van der Waals surface area contributed by atoms with Crippen LogP contribution in [0.5, 0.6) is 5.75 Å². The van der Waals surface area contributed by atoms with Crippen molar-refractivity contribution in [3.05, 3.63) is 75.1 Å². The minimum Gasteiger partial charge on any atom is -0.482 e. The quantitative estimate of drug-likeness (QED) is 0.461. The second-order valence-electron chi connectivity index (χ2n) is 5.99. The Bertz CT molecular complexity index is 1050. The normalized spacial score (nSPS) is 10.5. The summed E-state index contributed by atoms with van der Waals surface area (Å²) in [6, 6.07) is 11.2. The molecule has 0 atom stereocenters. The highest BCUT2D eigenvalue weighted by atomic mass is 35.5. The van der Waals surface area contributed by atoms with Crippen LogP contribution >= 0.6 is 34.8 Å². The fourth-order valence-corrected chi connectivity index (χ4v) is 3.02. The molecule has 0 spiro atoms. The standard InChI is InChI=1S/C20H15Cl3N2O4/c1-11-7-12(4-5-16(11)25-20(27)17-3-2-6-28-17)24-19(26)10-29-18-9-14(22)13(21)8-15(18)23/h2-9H,10H2,1H3,(H,24,26)(H,25,27). The highest BCUT2D eigenvalue weighted by molar-refractivity contribution is 6.43. The summed E-state index contributed by atoms with van der Waals surface area (Å²) in [6.07, 6.45) is 1.42. The number of amides is 2. The summed E-state index contributed by atoms with van der Waals surface area (Å²) in [4.78, 5) is 24.2. The zero-order valence-electron chi connectivity index (χ0n) is 15.1. The summed E-state index contributed by atoms with van der Waals surface area (Å²) in [5.41, 5.74) is 1.91. The van der Waals surface area contributed by atoms with E-state index in [2.05, 4.69) is 10.6 Å². The van der Waals surface area contributed by atoms with Gasteiger partial charge in [-0.3, -0.25) is 9.59 Å². The molecule has 150 valence electrons. The number of carbonyl (C=O) groups excluding carboxylic acids is 2. The van der Waals surface area contributed by atoms with Crippen LogP contribution in [0.15, 0.2) is 53.1 Å². The average Bonchev–Trinajstić information content (AvgIpc) is 3.21. The van der Waals surface area contributed by atoms with Crippen molar-refractivity contribution in [3.8, 4) is 5.75 Å². The van der Waals surface area contributed by atoms with E-state index in [1.54, 1.807) is 37.3 Å². The number of halogens is 3. The van der Waals surface area contributed by atoms with E-state index in [4.69, 9.17) is 44.0 Å². The molecule has 0 radical (unpaired) electrons. The number of aryl methyl sites for hydroxylation is 1. The van der Waals surface area contributed by atoms with Gasteiger partial charge in [-0.1, -0.05) is 34.8 Å². The number of benzene rings is 2. The lowest BCUT2D eigenvalue weighted by atomic mass is 10.1. The lowest BCUT2D eigenvalue weighted by molar-refractivity contribution is -0.118. The van der Waals surface area contributed by atoms with Crippen LogP contribution in [-0.4, -0.2) is 18.4 Å². The van der Waals surface area contributed by atoms with Crippen LogP contribution in [0.1, 0.15) is 16.1 Å². The van der Waals surface area contributed by atoms with Gasteiger partial charge in [0, 0.05) is 17.4 Å². The average molecular weight is 454 g/mol. The monoisotopic (exact) mass is 452 g/mol. The summed E-state index contributed by atoms with van der Waals surface area (Å²) in [5, 5.41) is 6.27. The zero-order valence-corrected chi connectivity index (χ0v) is 17.4. The third-order valence-corrected chi connectivity index (χ3v) is 4.85. The SMILES string of the molecule is Cc1cc(NC(=O)COc2cc(Cl)c(Cl)cc2Cl)ccc1NC(=O)c1ccco1. The molecule has 9 heteroatoms. The first kappa shape index (κ1) is 21.0. The molecule has 0 aliphatic carbocycles. The lowest BCUT2D eigenvalue weighted by Crippen LogP contribution is -2.20. The number of hydrogen-bond donors (Lipinski definition) is 2. The highest BCUT2D eigenvalue weighted by Crippen LogP contribution is 2.33. The van der Waals surface area contributed by atoms with Gasteiger partial charge >= 0.3 is 0 Å². The molecule has 29 heavy (non-hydrogen) atoms. The van der Waals surface area contributed by atoms with Crippen molar-refractivity contribution in [2.45, 2.75) is 6.92 Å². The van der Waals surface area contributed by atoms with Gasteiger partial charge in [0.25, 0.3) is 11.8 Å². The largest absolute Gasteiger partial charge is 0.482 e. The molecule has 2 aromatic carbocycles. The Morgan fingerprint density at radius 1 is 1.00 bits per heavy atom. The number of carbonyl (C=O) groups is 2. The molecule has 0 saturated heterocycles. The van der Waals surface area contributed by atoms with Gasteiger partial charge in [0.05, 0.1) is 21.3 Å². The minimum absolute atomic E-state index is 0.208. The predicted molar refractivity (Wildman–Crippen MR) is 113 cm³/mol. The van der Waals surface area contributed by atoms with E-state index in [9.17, 15) is 9.59 Å². The molecular weight excluding hydrogens is 439 g/mol. The molecule has 1 heterocycles. The van der Waals surface area contributed by atoms with Crippen LogP contribution in [-0.2, 0) is 4.79 Å². The van der Waals surface area contributed by atoms with Gasteiger partial charge in [-0.15, -0.1) is 0 Å². The van der Waals surface area contributed by atoms with E-state index >= 15 is 0 Å². The first-order valence-electron chi connectivity index (χ1n) is 8.36. The molecule has 0 bridgehead atoms. The Balaban J connectivity index is 1.59. The molecule has 2 N–H and O–H groups in total. The molecule has 0 aliphatic heterocycles. The summed E-state index contributed by atoms with van der Waals surface area (Å²) < 4.78 is 10.5. The van der Waals surface area contributed by atoms with Crippen LogP contribution in [0, 0.1) is 6.92 Å². The van der Waals surface area contributed by atoms with Crippen LogP contribution < -0.4 is 15.4 Å². The van der Waals surface area contributed by atoms with Crippen molar-refractivity contribution in [1.82, 2.24) is 0 Å². The maximum absolute atomic E-state index is 12.2. The predicted octanol–water partition coefficient (Wildman–Crippen LogP) is 5.82. The van der Waals surface area contributed by atoms with E-state index in [1.807, 2.05) is 0 Å². The van der Waals surface area contributed by atoms with Crippen molar-refractivity contribution in [1.29, 1.82) is 0 Å². The zero-order chi connectivity index (χ0) is 21.0. The van der Waals surface area contributed by atoms with Crippen molar-refractivity contribution >= 4 is 58.0 Å². The van der Waals surface area contributed by atoms with Crippen LogP contribution in [0.4, 0.5) is 11.4 Å². The summed E-state index contributed by atoms with van der Waals surface area (Å²) in [7, 11) is 0. The van der Waals surface area contributed by atoms with Gasteiger partial charge in [-0.2, -0.15) is 0 Å². The minimum atomic E-state index is -0.390. The van der Waals surface area contributed by atoms with Crippen LogP contribution in [0.2, 0.25) is 15.1 Å². The van der Waals surface area contributed by atoms with E-state index in [0.29, 0.717) is 16.4 Å². The highest BCUT2D eigenvalue weighted by Gasteiger charge is 2.12. The fraction of sp³-hybridized carbons (Fsp3) is 0.100. The topological polar surface area (TPSA) is 80.6 Å². The third-order valence-electron chi connectivity index (χ3n) is 3.84. The Labute approximate surface area is 181 Å². The molecule has 0 aliphatic rings. The molecule has 0 saturated carbocycles. The fourth-order valence-electron chi connectivity index (χ4n) is 2.43. The van der Waals surface area contributed by atoms with Gasteiger partial charge in [0.1, 0.15) is 5.75 Å². The van der Waals surface area contributed by atoms with Crippen LogP contribution in [0.25, 0.3) is 0 Å². The molecule has 0 fully saturated rings. The summed E-state index contributed by atoms with van der Waals surface area (Å²) >= 11 is 17.8. The number of anilines is 2. The van der Waals surface area contributed by atoms with E-state index in [-0.39, 0.29) is 40.0 Å². The first-order chi connectivity index (χ1) is 13.8. The molecule has 2 amide bonds. The van der Waals surface area contributed by atoms with E-state index < -0.39 is 0 Å². The van der Waals surface area contributed by atoms with Gasteiger partial charge in [-0.25, -0.2) is 0 Å². The molecule has 1 aromatic heterocycles. The molecule has 3 rings (SSSR count). The third kappa shape index (κ3) is 5.44. The molecule has 0 unspecified atom stereocenters. The number of nitrogens with one attached hydrogen (secondary N) is 2. The van der Waals surface area contributed by atoms with Crippen molar-refractivity contribution in [3.63, 3.8) is 0 Å². The van der Waals surface area contributed by atoms with Crippen LogP contribution in [0.3, 0.4) is 0 Å². The maximum Gasteiger partial charge on any atom is 0.291 e. The summed E-state index contributed by atoms with van der Waals surface area (Å²) in [5.74, 6) is -0.288. The van der Waals surface area contributed by atoms with E-state index in [0.717, 1.165) is 5.56 Å². The Kier molecular flexibility index (Phi) is 6.69. The molecular formula is C20H15Cl3N2O4. The Morgan fingerprint density at radius 3 is 2.45 bits per heavy atom. The van der Waals surface area contributed by atoms with Crippen molar-refractivity contribution in [2.24, 2.45) is 0 Å². The van der Waals surface area contributed by atoms with Gasteiger partial charge in [0.2, 0.25) is 0 Å². The van der Waals surface area contributed by atoms with Crippen molar-refractivity contribution in [2.75, 3.05) is 17.2 Å². The number of furan rings is 1. The van der Waals surface area contributed by atoms with Gasteiger partial charge in [-0.05, 0) is 48.9 Å². The van der Waals surface area contributed by atoms with Gasteiger partial charge < -0.3 is 19.8 Å². The molecule has 3 aromatic rings.